The first-order valence-electron chi connectivity index (χ1n) is 8.33. The third kappa shape index (κ3) is 4.79. The number of rotatable bonds is 6. The SMILES string of the molecule is CC[C@@H](C(=O)NS(=O)(=O)N1CCC(C(=O)OC)CC1)c1ccccc1. The Kier molecular flexibility index (Phi) is 6.55. The van der Waals surface area contributed by atoms with Gasteiger partial charge in [-0.15, -0.1) is 0 Å². The molecule has 7 nitrogen and oxygen atoms in total. The summed E-state index contributed by atoms with van der Waals surface area (Å²) in [6.07, 6.45) is 1.27. The highest BCUT2D eigenvalue weighted by Crippen LogP contribution is 2.22. The molecule has 1 fully saturated rings. The zero-order valence-corrected chi connectivity index (χ0v) is 15.3. The highest BCUT2D eigenvalue weighted by molar-refractivity contribution is 7.87. The number of hydrogen-bond acceptors (Lipinski definition) is 5. The van der Waals surface area contributed by atoms with Crippen molar-refractivity contribution in [2.75, 3.05) is 20.2 Å². The number of amides is 1. The minimum Gasteiger partial charge on any atom is -0.469 e. The van der Waals surface area contributed by atoms with Gasteiger partial charge < -0.3 is 4.74 Å². The minimum atomic E-state index is -3.92. The van der Waals surface area contributed by atoms with E-state index in [0.29, 0.717) is 19.3 Å². The van der Waals surface area contributed by atoms with Gasteiger partial charge in [-0.1, -0.05) is 37.3 Å². The maximum atomic E-state index is 12.5. The van der Waals surface area contributed by atoms with Crippen LogP contribution in [0.25, 0.3) is 0 Å². The van der Waals surface area contributed by atoms with E-state index in [1.807, 2.05) is 37.3 Å². The number of carbonyl (C=O) groups is 2. The van der Waals surface area contributed by atoms with Gasteiger partial charge in [-0.25, -0.2) is 4.72 Å². The van der Waals surface area contributed by atoms with E-state index in [1.54, 1.807) is 0 Å². The second kappa shape index (κ2) is 8.44. The fraction of sp³-hybridized carbons (Fsp3) is 0.529. The first-order chi connectivity index (χ1) is 11.9. The number of piperidine rings is 1. The summed E-state index contributed by atoms with van der Waals surface area (Å²) < 4.78 is 33.0. The Morgan fingerprint density at radius 1 is 1.24 bits per heavy atom. The monoisotopic (exact) mass is 368 g/mol. The van der Waals surface area contributed by atoms with Crippen molar-refractivity contribution in [3.05, 3.63) is 35.9 Å². The molecule has 1 N–H and O–H groups in total. The standard InChI is InChI=1S/C17H24N2O5S/c1-3-15(13-7-5-4-6-8-13)16(20)18-25(22,23)19-11-9-14(10-12-19)17(21)24-2/h4-8,14-15H,3,9-12H2,1-2H3,(H,18,20)/t15-/m1/s1. The molecule has 8 heteroatoms. The Labute approximate surface area is 148 Å². The van der Waals surface area contributed by atoms with Crippen molar-refractivity contribution in [1.82, 2.24) is 9.03 Å². The number of ether oxygens (including phenoxy) is 1. The molecule has 1 aliphatic rings. The van der Waals surface area contributed by atoms with Gasteiger partial charge in [-0.3, -0.25) is 9.59 Å². The van der Waals surface area contributed by atoms with E-state index in [2.05, 4.69) is 4.72 Å². The van der Waals surface area contributed by atoms with Gasteiger partial charge in [0.1, 0.15) is 0 Å². The van der Waals surface area contributed by atoms with Crippen LogP contribution in [0.3, 0.4) is 0 Å². The van der Waals surface area contributed by atoms with Crippen LogP contribution in [-0.2, 0) is 24.5 Å². The Morgan fingerprint density at radius 3 is 2.36 bits per heavy atom. The molecular weight excluding hydrogens is 344 g/mol. The second-order valence-corrected chi connectivity index (χ2v) is 7.71. The largest absolute Gasteiger partial charge is 0.469 e. The first-order valence-corrected chi connectivity index (χ1v) is 9.77. The normalized spacial score (nSPS) is 17.7. The average Bonchev–Trinajstić information content (AvgIpc) is 2.62. The van der Waals surface area contributed by atoms with Crippen molar-refractivity contribution in [3.63, 3.8) is 0 Å². The maximum Gasteiger partial charge on any atom is 0.308 e. The summed E-state index contributed by atoms with van der Waals surface area (Å²) >= 11 is 0. The lowest BCUT2D eigenvalue weighted by Gasteiger charge is -2.30. The molecule has 0 bridgehead atoms. The molecule has 0 aliphatic carbocycles. The minimum absolute atomic E-state index is 0.185. The number of hydrogen-bond donors (Lipinski definition) is 1. The predicted octanol–water partition coefficient (Wildman–Crippen LogP) is 1.43. The lowest BCUT2D eigenvalue weighted by Crippen LogP contribution is -2.48. The molecule has 0 unspecified atom stereocenters. The number of benzene rings is 1. The molecule has 25 heavy (non-hydrogen) atoms. The number of nitrogens with one attached hydrogen (secondary N) is 1. The molecule has 1 aliphatic heterocycles. The van der Waals surface area contributed by atoms with Crippen molar-refractivity contribution in [3.8, 4) is 0 Å². The van der Waals surface area contributed by atoms with E-state index in [0.717, 1.165) is 5.56 Å². The van der Waals surface area contributed by atoms with Gasteiger partial charge in [0, 0.05) is 13.1 Å². The van der Waals surface area contributed by atoms with Crippen LogP contribution >= 0.6 is 0 Å². The zero-order chi connectivity index (χ0) is 18.4. The van der Waals surface area contributed by atoms with E-state index in [1.165, 1.54) is 11.4 Å². The smallest absolute Gasteiger partial charge is 0.308 e. The maximum absolute atomic E-state index is 12.5. The summed E-state index contributed by atoms with van der Waals surface area (Å²) in [5, 5.41) is 0. The topological polar surface area (TPSA) is 92.8 Å². The third-order valence-electron chi connectivity index (χ3n) is 4.48. The molecule has 2 rings (SSSR count). The highest BCUT2D eigenvalue weighted by atomic mass is 32.2. The third-order valence-corrected chi connectivity index (χ3v) is 5.99. The Hall–Kier alpha value is -1.93. The molecule has 0 radical (unpaired) electrons. The van der Waals surface area contributed by atoms with Crippen LogP contribution in [0.15, 0.2) is 30.3 Å². The summed E-state index contributed by atoms with van der Waals surface area (Å²) in [6.45, 7) is 2.21. The summed E-state index contributed by atoms with van der Waals surface area (Å²) in [5.74, 6) is -1.68. The second-order valence-electron chi connectivity index (χ2n) is 6.04. The summed E-state index contributed by atoms with van der Waals surface area (Å²) in [4.78, 5) is 24.0. The van der Waals surface area contributed by atoms with Gasteiger partial charge in [-0.2, -0.15) is 12.7 Å². The van der Waals surface area contributed by atoms with E-state index in [-0.39, 0.29) is 25.0 Å². The van der Waals surface area contributed by atoms with Gasteiger partial charge >= 0.3 is 16.2 Å². The molecule has 1 amide bonds. The van der Waals surface area contributed by atoms with Crippen LogP contribution < -0.4 is 4.72 Å². The quantitative estimate of drug-likeness (QED) is 0.767. The Bertz CT molecular complexity index is 697. The van der Waals surface area contributed by atoms with Crippen molar-refractivity contribution >= 4 is 22.1 Å². The lowest BCUT2D eigenvalue weighted by molar-refractivity contribution is -0.146. The van der Waals surface area contributed by atoms with Crippen LogP contribution in [0.4, 0.5) is 0 Å². The van der Waals surface area contributed by atoms with Gasteiger partial charge in [-0.05, 0) is 24.8 Å². The van der Waals surface area contributed by atoms with E-state index >= 15 is 0 Å². The van der Waals surface area contributed by atoms with Crippen LogP contribution in [0.5, 0.6) is 0 Å². The molecule has 138 valence electrons. The van der Waals surface area contributed by atoms with Crippen LogP contribution in [-0.4, -0.2) is 44.8 Å². The Balaban J connectivity index is 2.01. The van der Waals surface area contributed by atoms with E-state index < -0.39 is 22.0 Å². The first kappa shape index (κ1) is 19.4. The van der Waals surface area contributed by atoms with Crippen molar-refractivity contribution in [2.24, 2.45) is 5.92 Å². The van der Waals surface area contributed by atoms with Gasteiger partial charge in [0.2, 0.25) is 5.91 Å². The van der Waals surface area contributed by atoms with Crippen molar-refractivity contribution in [1.29, 1.82) is 0 Å². The van der Waals surface area contributed by atoms with Crippen LogP contribution in [0, 0.1) is 5.92 Å². The summed E-state index contributed by atoms with van der Waals surface area (Å²) in [6, 6.07) is 9.09. The molecule has 1 aromatic rings. The number of methoxy groups -OCH3 is 1. The fourth-order valence-corrected chi connectivity index (χ4v) is 4.24. The predicted molar refractivity (Wildman–Crippen MR) is 92.8 cm³/mol. The van der Waals surface area contributed by atoms with Crippen LogP contribution in [0.2, 0.25) is 0 Å². The molecule has 1 aromatic carbocycles. The van der Waals surface area contributed by atoms with Gasteiger partial charge in [0.15, 0.2) is 0 Å². The van der Waals surface area contributed by atoms with Crippen molar-refractivity contribution < 1.29 is 22.7 Å². The van der Waals surface area contributed by atoms with Crippen LogP contribution in [0.1, 0.15) is 37.7 Å². The molecular formula is C17H24N2O5S. The average molecular weight is 368 g/mol. The molecule has 1 atom stereocenters. The van der Waals surface area contributed by atoms with E-state index in [4.69, 9.17) is 4.74 Å². The number of carbonyl (C=O) groups excluding carboxylic acids is 2. The summed E-state index contributed by atoms with van der Waals surface area (Å²) in [5.41, 5.74) is 0.780. The molecule has 1 saturated heterocycles. The van der Waals surface area contributed by atoms with Gasteiger partial charge in [0.25, 0.3) is 0 Å². The fourth-order valence-electron chi connectivity index (χ4n) is 3.02. The van der Waals surface area contributed by atoms with Gasteiger partial charge in [0.05, 0.1) is 18.9 Å². The Morgan fingerprint density at radius 2 is 1.84 bits per heavy atom. The lowest BCUT2D eigenvalue weighted by atomic mass is 9.96. The number of esters is 1. The number of nitrogens with zero attached hydrogens (tertiary/aromatic N) is 1. The molecule has 0 aromatic heterocycles. The molecule has 0 saturated carbocycles. The van der Waals surface area contributed by atoms with Crippen molar-refractivity contribution in [2.45, 2.75) is 32.1 Å². The highest BCUT2D eigenvalue weighted by Gasteiger charge is 2.33. The summed E-state index contributed by atoms with van der Waals surface area (Å²) in [7, 11) is -2.60. The van der Waals surface area contributed by atoms with E-state index in [9.17, 15) is 18.0 Å². The molecule has 1 heterocycles. The zero-order valence-electron chi connectivity index (χ0n) is 14.5. The molecule has 0 spiro atoms.